The molecule has 31 heavy (non-hydrogen) atoms. The van der Waals surface area contributed by atoms with Crippen LogP contribution in [0.2, 0.25) is 0 Å². The van der Waals surface area contributed by atoms with E-state index in [0.29, 0.717) is 0 Å². The second-order valence-corrected chi connectivity index (χ2v) is 9.01. The Hall–Kier alpha value is -3.52. The van der Waals surface area contributed by atoms with E-state index < -0.39 is 0 Å². The number of hydrogen-bond acceptors (Lipinski definition) is 0. The number of para-hydroxylation sites is 2. The van der Waals surface area contributed by atoms with Gasteiger partial charge in [0, 0.05) is 39.1 Å². The molecule has 0 saturated carbocycles. The zero-order valence-corrected chi connectivity index (χ0v) is 18.2. The van der Waals surface area contributed by atoms with E-state index >= 15 is 0 Å². The number of nitrogens with one attached hydrogen (secondary N) is 2. The molecule has 2 heteroatoms. The van der Waals surface area contributed by atoms with E-state index in [-0.39, 0.29) is 11.3 Å². The van der Waals surface area contributed by atoms with E-state index in [2.05, 4.69) is 116 Å². The minimum Gasteiger partial charge on any atom is -0.357 e. The first-order valence-corrected chi connectivity index (χ1v) is 11.0. The van der Waals surface area contributed by atoms with E-state index in [1.165, 1.54) is 55.4 Å². The van der Waals surface area contributed by atoms with Crippen LogP contribution in [0.1, 0.15) is 46.5 Å². The van der Waals surface area contributed by atoms with Crippen LogP contribution in [0.15, 0.2) is 78.9 Å². The van der Waals surface area contributed by atoms with Gasteiger partial charge in [-0.15, -0.1) is 0 Å². The van der Waals surface area contributed by atoms with Crippen molar-refractivity contribution >= 4 is 27.9 Å². The van der Waals surface area contributed by atoms with Gasteiger partial charge in [-0.05, 0) is 55.2 Å². The largest absolute Gasteiger partial charge is 0.357 e. The monoisotopic (exact) mass is 402 g/mol. The molecule has 1 unspecified atom stereocenters. The van der Waals surface area contributed by atoms with Gasteiger partial charge in [0.25, 0.3) is 0 Å². The number of allylic oxidation sites excluding steroid dienone is 1. The third-order valence-corrected chi connectivity index (χ3v) is 7.39. The zero-order valence-electron chi connectivity index (χ0n) is 18.2. The maximum absolute atomic E-state index is 3.83. The lowest BCUT2D eigenvalue weighted by molar-refractivity contribution is 0.486. The fraction of sp³-hybridized carbons (Fsp3) is 0.172. The van der Waals surface area contributed by atoms with Gasteiger partial charge in [-0.3, -0.25) is 0 Å². The zero-order chi connectivity index (χ0) is 21.2. The summed E-state index contributed by atoms with van der Waals surface area (Å²) in [6.45, 7) is 6.92. The highest BCUT2D eigenvalue weighted by Gasteiger charge is 2.44. The topological polar surface area (TPSA) is 31.6 Å². The van der Waals surface area contributed by atoms with Crippen molar-refractivity contribution < 1.29 is 0 Å². The Morgan fingerprint density at radius 3 is 1.77 bits per heavy atom. The molecule has 0 bridgehead atoms. The quantitative estimate of drug-likeness (QED) is 0.315. The highest BCUT2D eigenvalue weighted by molar-refractivity contribution is 5.88. The molecule has 1 aliphatic carbocycles. The molecule has 3 aromatic carbocycles. The molecule has 2 nitrogen and oxygen atoms in total. The Morgan fingerprint density at radius 2 is 1.19 bits per heavy atom. The minimum absolute atomic E-state index is 0.238. The number of rotatable bonds is 3. The molecule has 2 aromatic heterocycles. The second-order valence-electron chi connectivity index (χ2n) is 9.01. The maximum atomic E-state index is 3.83. The molecule has 0 aliphatic heterocycles. The van der Waals surface area contributed by atoms with Crippen LogP contribution in [0.4, 0.5) is 0 Å². The summed E-state index contributed by atoms with van der Waals surface area (Å²) < 4.78 is 0. The molecular formula is C29H26N2. The van der Waals surface area contributed by atoms with Gasteiger partial charge in [-0.25, -0.2) is 0 Å². The van der Waals surface area contributed by atoms with E-state index in [1.807, 2.05) is 0 Å². The summed E-state index contributed by atoms with van der Waals surface area (Å²) in [5.74, 6) is 0.238. The Bertz CT molecular complexity index is 1400. The fourth-order valence-corrected chi connectivity index (χ4v) is 5.79. The standard InChI is InChI=1S/C29H26N2/c1-18-21-11-6-8-14-25(21)30-27(18)29(3,24-17-16-20-10-4-5-13-23(20)24)28-19(2)22-12-7-9-15-26(22)31-28/h4-17,24,30-31H,1-3H3. The van der Waals surface area contributed by atoms with Crippen LogP contribution >= 0.6 is 0 Å². The third kappa shape index (κ3) is 2.45. The minimum atomic E-state index is -0.269. The van der Waals surface area contributed by atoms with Crippen LogP contribution in [-0.4, -0.2) is 9.97 Å². The van der Waals surface area contributed by atoms with E-state index in [0.717, 1.165) is 0 Å². The normalized spacial score (nSPS) is 15.8. The van der Waals surface area contributed by atoms with Crippen LogP contribution in [0.3, 0.4) is 0 Å². The molecule has 0 fully saturated rings. The van der Waals surface area contributed by atoms with Crippen molar-refractivity contribution in [3.63, 3.8) is 0 Å². The number of aryl methyl sites for hydroxylation is 2. The average Bonchev–Trinajstić information content (AvgIpc) is 3.48. The molecular weight excluding hydrogens is 376 g/mol. The Labute approximate surface area is 182 Å². The van der Waals surface area contributed by atoms with Crippen molar-refractivity contribution in [2.75, 3.05) is 0 Å². The van der Waals surface area contributed by atoms with Gasteiger partial charge in [-0.2, -0.15) is 0 Å². The summed E-state index contributed by atoms with van der Waals surface area (Å²) in [5, 5.41) is 2.60. The first-order valence-electron chi connectivity index (χ1n) is 11.0. The molecule has 0 amide bonds. The molecule has 1 aliphatic rings. The highest BCUT2D eigenvalue weighted by atomic mass is 14.8. The molecule has 2 N–H and O–H groups in total. The molecule has 152 valence electrons. The van der Waals surface area contributed by atoms with Crippen LogP contribution in [0.25, 0.3) is 27.9 Å². The number of aromatic nitrogens is 2. The smallest absolute Gasteiger partial charge is 0.0584 e. The first kappa shape index (κ1) is 18.3. The summed E-state index contributed by atoms with van der Waals surface area (Å²) in [4.78, 5) is 7.66. The highest BCUT2D eigenvalue weighted by Crippen LogP contribution is 2.51. The molecule has 0 saturated heterocycles. The SMILES string of the molecule is Cc1c(C(C)(c2[nH]c3ccccc3c2C)C2C=Cc3ccccc32)[nH]c2ccccc12. The number of hydrogen-bond donors (Lipinski definition) is 2. The van der Waals surface area contributed by atoms with Gasteiger partial charge in [0.05, 0.1) is 5.41 Å². The summed E-state index contributed by atoms with van der Waals surface area (Å²) in [7, 11) is 0. The lowest BCUT2D eigenvalue weighted by Crippen LogP contribution is -2.33. The van der Waals surface area contributed by atoms with Crippen molar-refractivity contribution in [2.45, 2.75) is 32.1 Å². The van der Waals surface area contributed by atoms with Crippen molar-refractivity contribution in [3.8, 4) is 0 Å². The van der Waals surface area contributed by atoms with Gasteiger partial charge >= 0.3 is 0 Å². The van der Waals surface area contributed by atoms with Crippen molar-refractivity contribution in [1.29, 1.82) is 0 Å². The van der Waals surface area contributed by atoms with E-state index in [4.69, 9.17) is 0 Å². The first-order chi connectivity index (χ1) is 15.1. The van der Waals surface area contributed by atoms with Gasteiger partial charge < -0.3 is 9.97 Å². The Kier molecular flexibility index (Phi) is 3.82. The van der Waals surface area contributed by atoms with Crippen LogP contribution in [-0.2, 0) is 5.41 Å². The molecule has 0 radical (unpaired) electrons. The molecule has 1 atom stereocenters. The average molecular weight is 403 g/mol. The summed E-state index contributed by atoms with van der Waals surface area (Å²) in [5.41, 5.74) is 10.1. The Balaban J connectivity index is 1.69. The number of H-pyrrole nitrogens is 2. The van der Waals surface area contributed by atoms with Crippen LogP contribution in [0, 0.1) is 13.8 Å². The van der Waals surface area contributed by atoms with Gasteiger partial charge in [0.1, 0.15) is 0 Å². The second kappa shape index (κ2) is 6.49. The Morgan fingerprint density at radius 1 is 0.677 bits per heavy atom. The van der Waals surface area contributed by atoms with Gasteiger partial charge in [0.15, 0.2) is 0 Å². The fourth-order valence-electron chi connectivity index (χ4n) is 5.79. The van der Waals surface area contributed by atoms with Crippen LogP contribution < -0.4 is 0 Å². The molecule has 2 heterocycles. The lowest BCUT2D eigenvalue weighted by Gasteiger charge is -2.36. The van der Waals surface area contributed by atoms with Crippen LogP contribution in [0.5, 0.6) is 0 Å². The van der Waals surface area contributed by atoms with E-state index in [1.54, 1.807) is 0 Å². The molecule has 6 rings (SSSR count). The number of benzene rings is 3. The third-order valence-electron chi connectivity index (χ3n) is 7.39. The predicted octanol–water partition coefficient (Wildman–Crippen LogP) is 7.38. The number of fused-ring (bicyclic) bond motifs is 3. The molecule has 5 aromatic rings. The summed E-state index contributed by atoms with van der Waals surface area (Å²) in [6.07, 6.45) is 4.68. The van der Waals surface area contributed by atoms with E-state index in [9.17, 15) is 0 Å². The summed E-state index contributed by atoms with van der Waals surface area (Å²) in [6, 6.07) is 26.1. The maximum Gasteiger partial charge on any atom is 0.0584 e. The van der Waals surface area contributed by atoms with Crippen molar-refractivity contribution in [3.05, 3.63) is 113 Å². The van der Waals surface area contributed by atoms with Crippen molar-refractivity contribution in [2.24, 2.45) is 0 Å². The van der Waals surface area contributed by atoms with Crippen molar-refractivity contribution in [1.82, 2.24) is 9.97 Å². The number of aromatic amines is 2. The van der Waals surface area contributed by atoms with Gasteiger partial charge in [0.2, 0.25) is 0 Å². The lowest BCUT2D eigenvalue weighted by atomic mass is 9.68. The predicted molar refractivity (Wildman–Crippen MR) is 131 cm³/mol. The molecule has 0 spiro atoms. The summed E-state index contributed by atoms with van der Waals surface area (Å²) >= 11 is 0. The van der Waals surface area contributed by atoms with Gasteiger partial charge in [-0.1, -0.05) is 72.8 Å².